The summed E-state index contributed by atoms with van der Waals surface area (Å²) in [7, 11) is -3.64. The molecule has 172 valence electrons. The zero-order valence-corrected chi connectivity index (χ0v) is 18.7. The fourth-order valence-electron chi connectivity index (χ4n) is 4.12. The van der Waals surface area contributed by atoms with Gasteiger partial charge in [-0.3, -0.25) is 9.69 Å². The maximum atomic E-state index is 13.1. The van der Waals surface area contributed by atoms with Crippen LogP contribution in [0, 0.1) is 0 Å². The summed E-state index contributed by atoms with van der Waals surface area (Å²) in [6.45, 7) is 5.87. The third-order valence-corrected chi connectivity index (χ3v) is 7.98. The van der Waals surface area contributed by atoms with Crippen molar-refractivity contribution in [2.75, 3.05) is 52.5 Å². The van der Waals surface area contributed by atoms with Gasteiger partial charge in [-0.1, -0.05) is 0 Å². The van der Waals surface area contributed by atoms with Crippen molar-refractivity contribution in [2.45, 2.75) is 43.2 Å². The Kier molecular flexibility index (Phi) is 7.00. The van der Waals surface area contributed by atoms with Gasteiger partial charge in [-0.05, 0) is 31.9 Å². The number of nitrogens with zero attached hydrogens (tertiary/aromatic N) is 2. The van der Waals surface area contributed by atoms with Crippen LogP contribution in [0.25, 0.3) is 0 Å². The topological polar surface area (TPSA) is 97.4 Å². The molecule has 1 aromatic carbocycles. The standard InChI is InChI=1S/C21H31N3O6S/c1-16(21(25)22-15-17-4-2-11-28-17)23-7-9-24(10-8-23)31(26,27)18-5-6-19-20(14-18)30-13-3-12-29-19/h5-6,14,16-17H,2-4,7-13,15H2,1H3,(H,22,25)/t16-,17-/m1/s1. The molecule has 3 aliphatic heterocycles. The van der Waals surface area contributed by atoms with Crippen LogP contribution in [0.5, 0.6) is 11.5 Å². The Bertz CT molecular complexity index is 879. The molecule has 0 aromatic heterocycles. The van der Waals surface area contributed by atoms with Crippen LogP contribution < -0.4 is 14.8 Å². The molecule has 31 heavy (non-hydrogen) atoms. The molecule has 1 aromatic rings. The Labute approximate surface area is 183 Å². The summed E-state index contributed by atoms with van der Waals surface area (Å²) in [5.41, 5.74) is 0. The lowest BCUT2D eigenvalue weighted by Crippen LogP contribution is -2.55. The van der Waals surface area contributed by atoms with Crippen molar-refractivity contribution in [3.8, 4) is 11.5 Å². The first-order valence-corrected chi connectivity index (χ1v) is 12.4. The van der Waals surface area contributed by atoms with E-state index in [1.165, 1.54) is 4.31 Å². The second-order valence-electron chi connectivity index (χ2n) is 8.16. The molecule has 1 amide bonds. The van der Waals surface area contributed by atoms with Crippen LogP contribution in [0.15, 0.2) is 23.1 Å². The van der Waals surface area contributed by atoms with Gasteiger partial charge in [0.15, 0.2) is 11.5 Å². The van der Waals surface area contributed by atoms with Gasteiger partial charge < -0.3 is 19.5 Å². The minimum absolute atomic E-state index is 0.0466. The van der Waals surface area contributed by atoms with E-state index in [1.807, 2.05) is 11.8 Å². The highest BCUT2D eigenvalue weighted by Crippen LogP contribution is 2.33. The quantitative estimate of drug-likeness (QED) is 0.682. The SMILES string of the molecule is C[C@H](C(=O)NC[C@H]1CCCO1)N1CCN(S(=O)(=O)c2ccc3c(c2)OCCCO3)CC1. The molecule has 4 rings (SSSR count). The van der Waals surface area contributed by atoms with E-state index in [-0.39, 0.29) is 22.9 Å². The van der Waals surface area contributed by atoms with Crippen LogP contribution in [0.4, 0.5) is 0 Å². The van der Waals surface area contributed by atoms with E-state index in [4.69, 9.17) is 14.2 Å². The summed E-state index contributed by atoms with van der Waals surface area (Å²) in [6, 6.07) is 4.45. The molecule has 10 heteroatoms. The summed E-state index contributed by atoms with van der Waals surface area (Å²) in [4.78, 5) is 14.7. The molecule has 2 fully saturated rings. The van der Waals surface area contributed by atoms with Crippen LogP contribution in [0.3, 0.4) is 0 Å². The van der Waals surface area contributed by atoms with Crippen molar-refractivity contribution in [1.82, 2.24) is 14.5 Å². The Morgan fingerprint density at radius 2 is 1.84 bits per heavy atom. The van der Waals surface area contributed by atoms with Crippen LogP contribution >= 0.6 is 0 Å². The van der Waals surface area contributed by atoms with Crippen molar-refractivity contribution in [3.63, 3.8) is 0 Å². The van der Waals surface area contributed by atoms with Crippen molar-refractivity contribution in [2.24, 2.45) is 0 Å². The van der Waals surface area contributed by atoms with Gasteiger partial charge >= 0.3 is 0 Å². The lowest BCUT2D eigenvalue weighted by atomic mass is 10.2. The highest BCUT2D eigenvalue weighted by atomic mass is 32.2. The summed E-state index contributed by atoms with van der Waals surface area (Å²) < 4.78 is 44.5. The molecule has 0 spiro atoms. The molecule has 0 bridgehead atoms. The maximum Gasteiger partial charge on any atom is 0.243 e. The van der Waals surface area contributed by atoms with Gasteiger partial charge in [0.2, 0.25) is 15.9 Å². The fourth-order valence-corrected chi connectivity index (χ4v) is 5.56. The molecule has 0 radical (unpaired) electrons. The summed E-state index contributed by atoms with van der Waals surface area (Å²) in [5, 5.41) is 2.96. The first-order valence-electron chi connectivity index (χ1n) is 11.0. The zero-order valence-electron chi connectivity index (χ0n) is 17.9. The zero-order chi connectivity index (χ0) is 21.8. The molecule has 9 nitrogen and oxygen atoms in total. The Morgan fingerprint density at radius 1 is 1.10 bits per heavy atom. The Hall–Kier alpha value is -1.88. The average molecular weight is 454 g/mol. The lowest BCUT2D eigenvalue weighted by molar-refractivity contribution is -0.126. The van der Waals surface area contributed by atoms with Crippen molar-refractivity contribution in [1.29, 1.82) is 0 Å². The predicted molar refractivity (Wildman–Crippen MR) is 114 cm³/mol. The summed E-state index contributed by atoms with van der Waals surface area (Å²) in [5.74, 6) is 0.993. The Morgan fingerprint density at radius 3 is 2.55 bits per heavy atom. The lowest BCUT2D eigenvalue weighted by Gasteiger charge is -2.36. The van der Waals surface area contributed by atoms with Crippen molar-refractivity contribution in [3.05, 3.63) is 18.2 Å². The van der Waals surface area contributed by atoms with E-state index < -0.39 is 10.0 Å². The molecule has 1 N–H and O–H groups in total. The summed E-state index contributed by atoms with van der Waals surface area (Å²) >= 11 is 0. The number of piperazine rings is 1. The molecular formula is C21H31N3O6S. The summed E-state index contributed by atoms with van der Waals surface area (Å²) in [6.07, 6.45) is 2.88. The van der Waals surface area contributed by atoms with E-state index in [9.17, 15) is 13.2 Å². The number of hydrogen-bond donors (Lipinski definition) is 1. The fraction of sp³-hybridized carbons (Fsp3) is 0.667. The third kappa shape index (κ3) is 5.14. The maximum absolute atomic E-state index is 13.1. The second kappa shape index (κ2) is 9.72. The second-order valence-corrected chi connectivity index (χ2v) is 10.1. The van der Waals surface area contributed by atoms with E-state index in [0.29, 0.717) is 57.4 Å². The van der Waals surface area contributed by atoms with E-state index in [2.05, 4.69) is 5.32 Å². The van der Waals surface area contributed by atoms with Gasteiger partial charge in [-0.25, -0.2) is 8.42 Å². The predicted octanol–water partition coefficient (Wildman–Crippen LogP) is 0.838. The molecule has 0 aliphatic carbocycles. The molecule has 2 atom stereocenters. The first-order chi connectivity index (χ1) is 14.9. The van der Waals surface area contributed by atoms with E-state index >= 15 is 0 Å². The van der Waals surface area contributed by atoms with Gasteiger partial charge in [0.25, 0.3) is 0 Å². The number of nitrogens with one attached hydrogen (secondary N) is 1. The molecular weight excluding hydrogens is 422 g/mol. The third-order valence-electron chi connectivity index (χ3n) is 6.09. The highest BCUT2D eigenvalue weighted by molar-refractivity contribution is 7.89. The van der Waals surface area contributed by atoms with Crippen molar-refractivity contribution >= 4 is 15.9 Å². The van der Waals surface area contributed by atoms with Gasteiger partial charge in [-0.15, -0.1) is 0 Å². The number of ether oxygens (including phenoxy) is 3. The van der Waals surface area contributed by atoms with Crippen LogP contribution in [0.2, 0.25) is 0 Å². The number of rotatable bonds is 6. The number of carbonyl (C=O) groups excluding carboxylic acids is 1. The van der Waals surface area contributed by atoms with Crippen LogP contribution in [0.1, 0.15) is 26.2 Å². The number of sulfonamides is 1. The molecule has 3 heterocycles. The van der Waals surface area contributed by atoms with Gasteiger partial charge in [-0.2, -0.15) is 4.31 Å². The largest absolute Gasteiger partial charge is 0.490 e. The number of hydrogen-bond acceptors (Lipinski definition) is 7. The highest BCUT2D eigenvalue weighted by Gasteiger charge is 2.32. The molecule has 3 aliphatic rings. The minimum Gasteiger partial charge on any atom is -0.490 e. The van der Waals surface area contributed by atoms with Crippen LogP contribution in [-0.2, 0) is 19.6 Å². The monoisotopic (exact) mass is 453 g/mol. The van der Waals surface area contributed by atoms with Gasteiger partial charge in [0.1, 0.15) is 0 Å². The van der Waals surface area contributed by atoms with Crippen LogP contribution in [-0.4, -0.2) is 88.2 Å². The normalized spacial score (nSPS) is 23.8. The van der Waals surface area contributed by atoms with Gasteiger partial charge in [0.05, 0.1) is 30.3 Å². The molecule has 0 unspecified atom stereocenters. The van der Waals surface area contributed by atoms with Gasteiger partial charge in [0, 0.05) is 51.8 Å². The number of carbonyl (C=O) groups is 1. The van der Waals surface area contributed by atoms with E-state index in [0.717, 1.165) is 25.9 Å². The number of benzene rings is 1. The van der Waals surface area contributed by atoms with E-state index in [1.54, 1.807) is 18.2 Å². The average Bonchev–Trinajstić information content (AvgIpc) is 3.20. The Balaban J connectivity index is 1.33. The van der Waals surface area contributed by atoms with Crippen molar-refractivity contribution < 1.29 is 27.4 Å². The smallest absolute Gasteiger partial charge is 0.243 e. The molecule has 2 saturated heterocycles. The molecule has 0 saturated carbocycles. The minimum atomic E-state index is -3.64. The first kappa shape index (κ1) is 22.3. The number of fused-ring (bicyclic) bond motifs is 1. The number of amides is 1.